The number of carbonyl (C=O) groups excluding carboxylic acids is 4. The van der Waals surface area contributed by atoms with E-state index in [1.807, 2.05) is 6.07 Å². The number of alkyl carbamates (subject to hydrolysis) is 1. The van der Waals surface area contributed by atoms with Gasteiger partial charge in [-0.05, 0) is 46.1 Å². The molecule has 2 atom stereocenters. The van der Waals surface area contributed by atoms with Gasteiger partial charge < -0.3 is 30.1 Å². The van der Waals surface area contributed by atoms with Crippen molar-refractivity contribution in [3.8, 4) is 11.8 Å². The minimum Gasteiger partial charge on any atom is -0.507 e. The molecule has 0 radical (unpaired) electrons. The van der Waals surface area contributed by atoms with Crippen molar-refractivity contribution < 1.29 is 33.8 Å². The smallest absolute Gasteiger partial charge is 0.408 e. The normalized spacial score (nSPS) is 12.6. The molecule has 0 aromatic heterocycles. The Morgan fingerprint density at radius 1 is 1.19 bits per heavy atom. The number of hydrogen-bond acceptors (Lipinski definition) is 8. The topological polar surface area (TPSA) is 158 Å². The fraction of sp³-hybridized carbons (Fsp3) is 0.577. The maximum atomic E-state index is 13.7. The van der Waals surface area contributed by atoms with Crippen LogP contribution in [0.15, 0.2) is 18.2 Å². The van der Waals surface area contributed by atoms with Crippen molar-refractivity contribution in [3.05, 3.63) is 29.3 Å². The second-order valence-corrected chi connectivity index (χ2v) is 9.75. The molecule has 0 aliphatic carbocycles. The van der Waals surface area contributed by atoms with E-state index in [2.05, 4.69) is 10.6 Å². The highest BCUT2D eigenvalue weighted by Gasteiger charge is 2.38. The zero-order valence-corrected chi connectivity index (χ0v) is 22.6. The molecule has 2 unspecified atom stereocenters. The maximum absolute atomic E-state index is 13.7. The van der Waals surface area contributed by atoms with E-state index in [9.17, 15) is 29.5 Å². The molecule has 0 bridgehead atoms. The maximum Gasteiger partial charge on any atom is 0.408 e. The van der Waals surface area contributed by atoms with Gasteiger partial charge >= 0.3 is 12.1 Å². The van der Waals surface area contributed by atoms with Gasteiger partial charge in [-0.25, -0.2) is 4.79 Å². The molecular weight excluding hydrogens is 480 g/mol. The van der Waals surface area contributed by atoms with Crippen LogP contribution in [0.5, 0.6) is 5.75 Å². The quantitative estimate of drug-likeness (QED) is 0.298. The molecule has 204 valence electrons. The number of benzene rings is 1. The van der Waals surface area contributed by atoms with Crippen molar-refractivity contribution >= 4 is 23.9 Å². The molecule has 3 N–H and O–H groups in total. The SMILES string of the molecule is CCOC(=O)CCNC(=O)C(c1cccc(C)c1O)N(CC#N)C(=O)C(NC(=O)OC(C)(C)C)C(C)C. The number of para-hydroxylation sites is 1. The summed E-state index contributed by atoms with van der Waals surface area (Å²) >= 11 is 0. The molecule has 1 aromatic carbocycles. The monoisotopic (exact) mass is 518 g/mol. The van der Waals surface area contributed by atoms with Gasteiger partial charge in [0, 0.05) is 12.1 Å². The molecule has 0 heterocycles. The average molecular weight is 519 g/mol. The van der Waals surface area contributed by atoms with Gasteiger partial charge in [-0.1, -0.05) is 32.0 Å². The second-order valence-electron chi connectivity index (χ2n) is 9.75. The summed E-state index contributed by atoms with van der Waals surface area (Å²) in [6, 6.07) is 4.05. The van der Waals surface area contributed by atoms with E-state index in [4.69, 9.17) is 9.47 Å². The van der Waals surface area contributed by atoms with Crippen LogP contribution >= 0.6 is 0 Å². The predicted molar refractivity (Wildman–Crippen MR) is 135 cm³/mol. The first-order valence-electron chi connectivity index (χ1n) is 12.1. The minimum absolute atomic E-state index is 0.0842. The van der Waals surface area contributed by atoms with Gasteiger partial charge in [0.25, 0.3) is 0 Å². The van der Waals surface area contributed by atoms with Gasteiger partial charge in [0.2, 0.25) is 11.8 Å². The molecule has 0 aliphatic heterocycles. The molecule has 0 saturated carbocycles. The summed E-state index contributed by atoms with van der Waals surface area (Å²) in [7, 11) is 0. The van der Waals surface area contributed by atoms with Crippen LogP contribution in [0.2, 0.25) is 0 Å². The summed E-state index contributed by atoms with van der Waals surface area (Å²) in [6.07, 6.45) is -0.932. The molecule has 37 heavy (non-hydrogen) atoms. The van der Waals surface area contributed by atoms with E-state index in [0.717, 1.165) is 4.90 Å². The fourth-order valence-electron chi connectivity index (χ4n) is 3.47. The van der Waals surface area contributed by atoms with Gasteiger partial charge in [0.15, 0.2) is 0 Å². The first-order chi connectivity index (χ1) is 17.2. The Morgan fingerprint density at radius 2 is 1.84 bits per heavy atom. The molecule has 0 fully saturated rings. The number of phenolic OH excluding ortho intramolecular Hbond substituents is 1. The third-order valence-corrected chi connectivity index (χ3v) is 5.19. The molecule has 11 nitrogen and oxygen atoms in total. The van der Waals surface area contributed by atoms with Crippen LogP contribution in [-0.2, 0) is 23.9 Å². The number of esters is 1. The molecule has 3 amide bonds. The number of carbonyl (C=O) groups is 4. The highest BCUT2D eigenvalue weighted by molar-refractivity contribution is 5.93. The lowest BCUT2D eigenvalue weighted by atomic mass is 9.97. The number of phenols is 1. The van der Waals surface area contributed by atoms with Crippen LogP contribution in [0.4, 0.5) is 4.79 Å². The fourth-order valence-corrected chi connectivity index (χ4v) is 3.47. The van der Waals surface area contributed by atoms with Crippen LogP contribution in [0.25, 0.3) is 0 Å². The summed E-state index contributed by atoms with van der Waals surface area (Å²) in [5.41, 5.74) is -0.258. The van der Waals surface area contributed by atoms with Crippen molar-refractivity contribution in [1.29, 1.82) is 5.26 Å². The van der Waals surface area contributed by atoms with E-state index >= 15 is 0 Å². The number of amides is 3. The number of aryl methyl sites for hydroxylation is 1. The highest BCUT2D eigenvalue weighted by atomic mass is 16.6. The van der Waals surface area contributed by atoms with Gasteiger partial charge in [-0.3, -0.25) is 14.4 Å². The molecule has 1 aromatic rings. The van der Waals surface area contributed by atoms with E-state index in [1.165, 1.54) is 6.07 Å². The summed E-state index contributed by atoms with van der Waals surface area (Å²) < 4.78 is 10.1. The molecule has 0 aliphatic rings. The lowest BCUT2D eigenvalue weighted by Gasteiger charge is -2.34. The third-order valence-electron chi connectivity index (χ3n) is 5.19. The van der Waals surface area contributed by atoms with Crippen molar-refractivity contribution in [1.82, 2.24) is 15.5 Å². The molecule has 0 spiro atoms. The summed E-state index contributed by atoms with van der Waals surface area (Å²) in [5.74, 6) is -2.59. The Morgan fingerprint density at radius 3 is 2.38 bits per heavy atom. The highest BCUT2D eigenvalue weighted by Crippen LogP contribution is 2.32. The number of nitrogens with zero attached hydrogens (tertiary/aromatic N) is 2. The number of ether oxygens (including phenoxy) is 2. The molecular formula is C26H38N4O7. The first kappa shape index (κ1) is 31.2. The Balaban J connectivity index is 3.42. The Labute approximate surface area is 218 Å². The Kier molecular flexibility index (Phi) is 11.9. The Bertz CT molecular complexity index is 1010. The lowest BCUT2D eigenvalue weighted by molar-refractivity contribution is -0.144. The van der Waals surface area contributed by atoms with Gasteiger partial charge in [0.05, 0.1) is 19.1 Å². The van der Waals surface area contributed by atoms with E-state index < -0.39 is 54.0 Å². The van der Waals surface area contributed by atoms with E-state index in [-0.39, 0.29) is 30.9 Å². The van der Waals surface area contributed by atoms with Crippen LogP contribution in [-0.4, -0.2) is 65.2 Å². The first-order valence-corrected chi connectivity index (χ1v) is 12.1. The standard InChI is InChI=1S/C26H38N4O7/c1-8-36-19(31)12-14-28-23(33)21(18-11-9-10-17(4)22(18)32)30(15-13-27)24(34)20(16(2)3)29-25(35)37-26(5,6)7/h9-11,16,20-21,32H,8,12,14-15H2,1-7H3,(H,28,33)(H,29,35). The van der Waals surface area contributed by atoms with Crippen molar-refractivity contribution in [2.75, 3.05) is 19.7 Å². The van der Waals surface area contributed by atoms with Gasteiger partial charge in [-0.2, -0.15) is 5.26 Å². The largest absolute Gasteiger partial charge is 0.507 e. The van der Waals surface area contributed by atoms with Crippen molar-refractivity contribution in [3.63, 3.8) is 0 Å². The van der Waals surface area contributed by atoms with Crippen LogP contribution < -0.4 is 10.6 Å². The zero-order chi connectivity index (χ0) is 28.3. The Hall–Kier alpha value is -3.81. The number of rotatable bonds is 11. The van der Waals surface area contributed by atoms with Crippen LogP contribution in [0.3, 0.4) is 0 Å². The van der Waals surface area contributed by atoms with Crippen molar-refractivity contribution in [2.24, 2.45) is 5.92 Å². The lowest BCUT2D eigenvalue weighted by Crippen LogP contribution is -2.55. The van der Waals surface area contributed by atoms with E-state index in [1.54, 1.807) is 60.6 Å². The van der Waals surface area contributed by atoms with E-state index in [0.29, 0.717) is 5.56 Å². The summed E-state index contributed by atoms with van der Waals surface area (Å²) in [5, 5.41) is 25.4. The molecule has 1 rings (SSSR count). The van der Waals surface area contributed by atoms with Gasteiger partial charge in [0.1, 0.15) is 30.0 Å². The predicted octanol–water partition coefficient (Wildman–Crippen LogP) is 2.71. The molecule has 0 saturated heterocycles. The minimum atomic E-state index is -1.42. The number of nitrogens with one attached hydrogen (secondary N) is 2. The third kappa shape index (κ3) is 9.63. The summed E-state index contributed by atoms with van der Waals surface area (Å²) in [4.78, 5) is 52.3. The second kappa shape index (κ2) is 14.1. The van der Waals surface area contributed by atoms with Crippen LogP contribution in [0.1, 0.15) is 65.1 Å². The van der Waals surface area contributed by atoms with Gasteiger partial charge in [-0.15, -0.1) is 0 Å². The van der Waals surface area contributed by atoms with Crippen LogP contribution in [0, 0.1) is 24.2 Å². The zero-order valence-electron chi connectivity index (χ0n) is 22.6. The number of nitriles is 1. The number of hydrogen-bond donors (Lipinski definition) is 3. The summed E-state index contributed by atoms with van der Waals surface area (Å²) in [6.45, 7) is 11.3. The molecule has 11 heteroatoms. The number of aromatic hydroxyl groups is 1. The van der Waals surface area contributed by atoms with Crippen molar-refractivity contribution in [2.45, 2.75) is 72.6 Å². The average Bonchev–Trinajstić information content (AvgIpc) is 2.78.